The van der Waals surface area contributed by atoms with Crippen LogP contribution in [0.4, 0.5) is 0 Å². The molecule has 2 aromatic carbocycles. The van der Waals surface area contributed by atoms with E-state index in [0.717, 1.165) is 51.0 Å². The molecule has 0 bridgehead atoms. The van der Waals surface area contributed by atoms with Crippen LogP contribution < -0.4 is 9.47 Å². The van der Waals surface area contributed by atoms with E-state index < -0.39 is 0 Å². The minimum absolute atomic E-state index is 0.0868. The fourth-order valence-corrected chi connectivity index (χ4v) is 4.56. The van der Waals surface area contributed by atoms with Crippen LogP contribution in [0, 0.1) is 3.57 Å². The van der Waals surface area contributed by atoms with Crippen molar-refractivity contribution >= 4 is 56.5 Å². The lowest BCUT2D eigenvalue weighted by Gasteiger charge is -2.17. The summed E-state index contributed by atoms with van der Waals surface area (Å²) >= 11 is 4.78. The summed E-state index contributed by atoms with van der Waals surface area (Å²) in [5, 5.41) is 0. The summed E-state index contributed by atoms with van der Waals surface area (Å²) in [6, 6.07) is 14.0. The molecule has 0 radical (unpaired) electrons. The molecule has 5 heteroatoms. The minimum atomic E-state index is 0.0868. The topological polar surface area (TPSA) is 35.5 Å². The standard InChI is InChI=1S/C23H26I2O3/c1-4-5-6-22(24)21(13-16(2)26)20-12-11-19(14-23(20)25)28-15-17-7-9-18(27-3)10-8-17/h7-14,22H,4-6,15H2,1-3H3. The van der Waals surface area contributed by atoms with Gasteiger partial charge in [-0.1, -0.05) is 54.5 Å². The first-order valence-electron chi connectivity index (χ1n) is 9.36. The summed E-state index contributed by atoms with van der Waals surface area (Å²) in [5.41, 5.74) is 3.31. The third-order valence-corrected chi connectivity index (χ3v) is 6.51. The highest BCUT2D eigenvalue weighted by molar-refractivity contribution is 14.1. The van der Waals surface area contributed by atoms with Crippen molar-refractivity contribution in [3.63, 3.8) is 0 Å². The van der Waals surface area contributed by atoms with E-state index in [1.807, 2.05) is 36.4 Å². The highest BCUT2D eigenvalue weighted by atomic mass is 127. The maximum absolute atomic E-state index is 11.8. The smallest absolute Gasteiger partial charge is 0.152 e. The Labute approximate surface area is 195 Å². The van der Waals surface area contributed by atoms with Crippen molar-refractivity contribution in [2.45, 2.75) is 43.6 Å². The number of hydrogen-bond donors (Lipinski definition) is 0. The summed E-state index contributed by atoms with van der Waals surface area (Å²) in [6.45, 7) is 4.31. The first-order chi connectivity index (χ1) is 13.4. The molecule has 28 heavy (non-hydrogen) atoms. The monoisotopic (exact) mass is 604 g/mol. The second-order valence-corrected chi connectivity index (χ2v) is 9.26. The number of carbonyl (C=O) groups is 1. The Kier molecular flexibility index (Phi) is 9.77. The molecule has 0 spiro atoms. The van der Waals surface area contributed by atoms with E-state index in [0.29, 0.717) is 10.5 Å². The molecule has 0 amide bonds. The van der Waals surface area contributed by atoms with Crippen LogP contribution in [-0.4, -0.2) is 16.8 Å². The zero-order valence-electron chi connectivity index (χ0n) is 16.5. The number of alkyl halides is 1. The summed E-state index contributed by atoms with van der Waals surface area (Å²) < 4.78 is 12.5. The van der Waals surface area contributed by atoms with Crippen molar-refractivity contribution in [3.05, 3.63) is 63.2 Å². The van der Waals surface area contributed by atoms with Gasteiger partial charge in [0.05, 0.1) is 7.11 Å². The maximum atomic E-state index is 11.8. The lowest BCUT2D eigenvalue weighted by Crippen LogP contribution is -2.06. The van der Waals surface area contributed by atoms with Gasteiger partial charge in [-0.15, -0.1) is 0 Å². The molecule has 0 aliphatic heterocycles. The van der Waals surface area contributed by atoms with Gasteiger partial charge >= 0.3 is 0 Å². The van der Waals surface area contributed by atoms with Gasteiger partial charge in [0.1, 0.15) is 18.1 Å². The molecular weight excluding hydrogens is 578 g/mol. The van der Waals surface area contributed by atoms with E-state index in [1.54, 1.807) is 20.1 Å². The number of ether oxygens (including phenoxy) is 2. The zero-order valence-corrected chi connectivity index (χ0v) is 20.8. The minimum Gasteiger partial charge on any atom is -0.497 e. The Morgan fingerprint density at radius 1 is 1.14 bits per heavy atom. The van der Waals surface area contributed by atoms with Crippen LogP contribution in [0.1, 0.15) is 44.2 Å². The summed E-state index contributed by atoms with van der Waals surface area (Å²) in [5.74, 6) is 1.75. The molecule has 0 aliphatic rings. The van der Waals surface area contributed by atoms with Crippen LogP contribution in [0.25, 0.3) is 5.57 Å². The van der Waals surface area contributed by atoms with Crippen LogP contribution >= 0.6 is 45.2 Å². The van der Waals surface area contributed by atoms with E-state index in [1.165, 1.54) is 0 Å². The second kappa shape index (κ2) is 11.8. The fourth-order valence-electron chi connectivity index (χ4n) is 2.80. The average Bonchev–Trinajstić information content (AvgIpc) is 2.69. The van der Waals surface area contributed by atoms with E-state index in [4.69, 9.17) is 9.47 Å². The number of benzene rings is 2. The maximum Gasteiger partial charge on any atom is 0.152 e. The number of methoxy groups -OCH3 is 1. The lowest BCUT2D eigenvalue weighted by molar-refractivity contribution is -0.112. The van der Waals surface area contributed by atoms with Gasteiger partial charge in [0.25, 0.3) is 0 Å². The van der Waals surface area contributed by atoms with Gasteiger partial charge in [-0.3, -0.25) is 4.79 Å². The normalized spacial score (nSPS) is 12.5. The van der Waals surface area contributed by atoms with Crippen LogP contribution in [-0.2, 0) is 11.4 Å². The third kappa shape index (κ3) is 7.06. The first kappa shape index (κ1) is 23.2. The van der Waals surface area contributed by atoms with Crippen LogP contribution in [0.5, 0.6) is 11.5 Å². The van der Waals surface area contributed by atoms with Crippen LogP contribution in [0.3, 0.4) is 0 Å². The van der Waals surface area contributed by atoms with E-state index >= 15 is 0 Å². The first-order valence-corrected chi connectivity index (χ1v) is 11.7. The Balaban J connectivity index is 2.14. The molecule has 2 aromatic rings. The summed E-state index contributed by atoms with van der Waals surface area (Å²) in [7, 11) is 1.66. The van der Waals surface area contributed by atoms with Crippen LogP contribution in [0.15, 0.2) is 48.5 Å². The quantitative estimate of drug-likeness (QED) is 0.169. The Morgan fingerprint density at radius 2 is 1.82 bits per heavy atom. The number of carbonyl (C=O) groups excluding carboxylic acids is 1. The molecule has 0 N–H and O–H groups in total. The number of halogens is 2. The molecule has 3 nitrogen and oxygen atoms in total. The molecule has 0 saturated heterocycles. The molecule has 0 aliphatic carbocycles. The number of ketones is 1. The fraction of sp³-hybridized carbons (Fsp3) is 0.348. The third-order valence-electron chi connectivity index (χ3n) is 4.32. The SMILES string of the molecule is CCCCC(I)C(=CC(C)=O)c1ccc(OCc2ccc(OC)cc2)cc1I. The van der Waals surface area contributed by atoms with Gasteiger partial charge in [0, 0.05) is 7.49 Å². The van der Waals surface area contributed by atoms with Crippen molar-refractivity contribution in [2.75, 3.05) is 7.11 Å². The van der Waals surface area contributed by atoms with Gasteiger partial charge in [0.15, 0.2) is 5.78 Å². The Hall–Kier alpha value is -1.09. The van der Waals surface area contributed by atoms with Gasteiger partial charge in [-0.05, 0) is 89.0 Å². The Morgan fingerprint density at radius 3 is 2.39 bits per heavy atom. The molecule has 0 fully saturated rings. The van der Waals surface area contributed by atoms with Gasteiger partial charge in [-0.2, -0.15) is 0 Å². The lowest BCUT2D eigenvalue weighted by atomic mass is 9.98. The molecule has 1 atom stereocenters. The number of unbranched alkanes of at least 4 members (excludes halogenated alkanes) is 1. The zero-order chi connectivity index (χ0) is 20.5. The predicted molar refractivity (Wildman–Crippen MR) is 132 cm³/mol. The Bertz CT molecular complexity index is 813. The van der Waals surface area contributed by atoms with Crippen molar-refractivity contribution in [2.24, 2.45) is 0 Å². The molecule has 0 saturated carbocycles. The van der Waals surface area contributed by atoms with Gasteiger partial charge < -0.3 is 9.47 Å². The highest BCUT2D eigenvalue weighted by Gasteiger charge is 2.16. The average molecular weight is 604 g/mol. The van der Waals surface area contributed by atoms with E-state index in [2.05, 4.69) is 58.2 Å². The molecule has 2 rings (SSSR count). The molecular formula is C23H26I2O3. The van der Waals surface area contributed by atoms with Crippen molar-refractivity contribution in [1.29, 1.82) is 0 Å². The number of rotatable bonds is 10. The highest BCUT2D eigenvalue weighted by Crippen LogP contribution is 2.33. The number of allylic oxidation sites excluding steroid dienone is 2. The van der Waals surface area contributed by atoms with Gasteiger partial charge in [0.2, 0.25) is 0 Å². The largest absolute Gasteiger partial charge is 0.497 e. The summed E-state index contributed by atoms with van der Waals surface area (Å²) in [4.78, 5) is 11.8. The van der Waals surface area contributed by atoms with Crippen LogP contribution in [0.2, 0.25) is 0 Å². The summed E-state index contributed by atoms with van der Waals surface area (Å²) in [6.07, 6.45) is 5.16. The van der Waals surface area contributed by atoms with Crippen molar-refractivity contribution in [3.8, 4) is 11.5 Å². The van der Waals surface area contributed by atoms with Crippen molar-refractivity contribution < 1.29 is 14.3 Å². The molecule has 0 heterocycles. The van der Waals surface area contributed by atoms with Crippen molar-refractivity contribution in [1.82, 2.24) is 0 Å². The molecule has 150 valence electrons. The second-order valence-electron chi connectivity index (χ2n) is 6.60. The molecule has 0 aromatic heterocycles. The predicted octanol–water partition coefficient (Wildman–Crippen LogP) is 6.85. The van der Waals surface area contributed by atoms with E-state index in [9.17, 15) is 4.79 Å². The number of hydrogen-bond acceptors (Lipinski definition) is 3. The van der Waals surface area contributed by atoms with Gasteiger partial charge in [-0.25, -0.2) is 0 Å². The molecule has 1 unspecified atom stereocenters. The van der Waals surface area contributed by atoms with E-state index in [-0.39, 0.29) is 5.78 Å².